The highest BCUT2D eigenvalue weighted by Crippen LogP contribution is 2.32. The van der Waals surface area contributed by atoms with Crippen molar-refractivity contribution < 1.29 is 18.9 Å². The van der Waals surface area contributed by atoms with E-state index in [9.17, 15) is 9.59 Å². The van der Waals surface area contributed by atoms with E-state index in [1.165, 1.54) is 4.90 Å². The van der Waals surface area contributed by atoms with Crippen LogP contribution in [0.1, 0.15) is 30.0 Å². The van der Waals surface area contributed by atoms with Crippen molar-refractivity contribution >= 4 is 28.3 Å². The number of ketones is 1. The van der Waals surface area contributed by atoms with Crippen LogP contribution in [0.5, 0.6) is 0 Å². The molecule has 2 N–H and O–H groups in total. The minimum atomic E-state index is -0.243. The van der Waals surface area contributed by atoms with E-state index in [-0.39, 0.29) is 17.5 Å². The van der Waals surface area contributed by atoms with Crippen molar-refractivity contribution in [3.63, 3.8) is 0 Å². The Hall–Kier alpha value is -2.92. The van der Waals surface area contributed by atoms with Gasteiger partial charge in [0.05, 0.1) is 18.8 Å². The zero-order chi connectivity index (χ0) is 18.5. The van der Waals surface area contributed by atoms with Gasteiger partial charge in [0.1, 0.15) is 5.58 Å². The normalized spacial score (nSPS) is 11.0. The smallest absolute Gasteiger partial charge is 0.279 e. The summed E-state index contributed by atoms with van der Waals surface area (Å²) in [6.07, 6.45) is 0. The summed E-state index contributed by atoms with van der Waals surface area (Å²) in [6.45, 7) is 6.18. The van der Waals surface area contributed by atoms with Crippen molar-refractivity contribution in [3.8, 4) is 0 Å². The van der Waals surface area contributed by atoms with E-state index in [2.05, 4.69) is 5.32 Å². The molecule has 0 aliphatic heterocycles. The first-order valence-electron chi connectivity index (χ1n) is 8.88. The number of quaternary nitrogens is 1. The second-order valence-corrected chi connectivity index (χ2v) is 6.18. The number of nitrogens with one attached hydrogen (secondary N) is 2. The van der Waals surface area contributed by atoms with Crippen molar-refractivity contribution in [2.45, 2.75) is 13.8 Å². The van der Waals surface area contributed by atoms with Gasteiger partial charge in [-0.15, -0.1) is 0 Å². The summed E-state index contributed by atoms with van der Waals surface area (Å²) in [4.78, 5) is 26.6. The summed E-state index contributed by atoms with van der Waals surface area (Å²) in [5.41, 5.74) is 1.56. The highest BCUT2D eigenvalue weighted by molar-refractivity contribution is 6.17. The fourth-order valence-electron chi connectivity index (χ4n) is 2.96. The van der Waals surface area contributed by atoms with Crippen LogP contribution in [0.2, 0.25) is 0 Å². The molecule has 5 heteroatoms. The van der Waals surface area contributed by atoms with Crippen LogP contribution in [0.3, 0.4) is 0 Å². The lowest BCUT2D eigenvalue weighted by molar-refractivity contribution is -0.888. The Balaban J connectivity index is 1.97. The maximum absolute atomic E-state index is 12.9. The minimum Gasteiger partial charge on any atom is -0.450 e. The number of carbonyl (C=O) groups excluding carboxylic acids is 2. The molecule has 134 valence electrons. The van der Waals surface area contributed by atoms with Gasteiger partial charge in [-0.1, -0.05) is 42.5 Å². The van der Waals surface area contributed by atoms with Gasteiger partial charge in [0.25, 0.3) is 5.91 Å². The van der Waals surface area contributed by atoms with Gasteiger partial charge in [0, 0.05) is 10.9 Å². The molecule has 1 amide bonds. The number of rotatable bonds is 7. The lowest BCUT2D eigenvalue weighted by atomic mass is 10.1. The quantitative estimate of drug-likeness (QED) is 0.643. The first-order chi connectivity index (χ1) is 12.6. The molecule has 3 rings (SSSR count). The molecule has 0 spiro atoms. The van der Waals surface area contributed by atoms with Gasteiger partial charge in [-0.2, -0.15) is 0 Å². The molecule has 3 aromatic rings. The molecule has 0 fully saturated rings. The predicted molar refractivity (Wildman–Crippen MR) is 102 cm³/mol. The topological polar surface area (TPSA) is 63.8 Å². The molecular weight excluding hydrogens is 328 g/mol. The molecule has 0 aliphatic carbocycles. The van der Waals surface area contributed by atoms with Gasteiger partial charge >= 0.3 is 0 Å². The summed E-state index contributed by atoms with van der Waals surface area (Å²) < 4.78 is 5.80. The van der Waals surface area contributed by atoms with Crippen LogP contribution in [0.15, 0.2) is 59.0 Å². The predicted octanol–water partition coefficient (Wildman–Crippen LogP) is 2.53. The number of amides is 1. The number of benzene rings is 2. The van der Waals surface area contributed by atoms with Crippen LogP contribution in [0.25, 0.3) is 11.0 Å². The van der Waals surface area contributed by atoms with E-state index >= 15 is 0 Å². The number of furan rings is 1. The summed E-state index contributed by atoms with van der Waals surface area (Å²) in [5.74, 6) is -0.204. The lowest BCUT2D eigenvalue weighted by Crippen LogP contribution is -3.12. The Morgan fingerprint density at radius 2 is 1.62 bits per heavy atom. The van der Waals surface area contributed by atoms with Crippen LogP contribution in [0.4, 0.5) is 5.69 Å². The molecule has 0 atom stereocenters. The largest absolute Gasteiger partial charge is 0.450 e. The fourth-order valence-corrected chi connectivity index (χ4v) is 2.96. The molecule has 0 bridgehead atoms. The van der Waals surface area contributed by atoms with Crippen LogP contribution in [-0.4, -0.2) is 31.3 Å². The highest BCUT2D eigenvalue weighted by atomic mass is 16.3. The Morgan fingerprint density at radius 1 is 0.962 bits per heavy atom. The zero-order valence-electron chi connectivity index (χ0n) is 15.0. The van der Waals surface area contributed by atoms with Gasteiger partial charge in [0.2, 0.25) is 5.78 Å². The summed E-state index contributed by atoms with van der Waals surface area (Å²) in [5, 5.41) is 3.64. The van der Waals surface area contributed by atoms with Crippen molar-refractivity contribution in [1.82, 2.24) is 0 Å². The Bertz CT molecular complexity index is 911. The molecule has 1 aromatic heterocycles. The summed E-state index contributed by atoms with van der Waals surface area (Å²) in [7, 11) is 0. The molecule has 26 heavy (non-hydrogen) atoms. The standard InChI is InChI=1S/C21H22N2O3/c1-3-23(4-2)14-18(24)22-19-16-12-8-9-13-17(16)26-21(19)20(25)15-10-6-5-7-11-15/h5-13H,3-4,14H2,1-2H3,(H,22,24)/p+1. The van der Waals surface area contributed by atoms with Crippen molar-refractivity contribution in [2.24, 2.45) is 0 Å². The van der Waals surface area contributed by atoms with E-state index in [0.29, 0.717) is 23.4 Å². The molecule has 2 aromatic carbocycles. The molecule has 0 radical (unpaired) electrons. The fraction of sp³-hybridized carbons (Fsp3) is 0.238. The number of likely N-dealkylation sites (N-methyl/N-ethyl adjacent to an activating group) is 1. The van der Waals surface area contributed by atoms with E-state index < -0.39 is 0 Å². The van der Waals surface area contributed by atoms with Crippen molar-refractivity contribution in [2.75, 3.05) is 25.0 Å². The van der Waals surface area contributed by atoms with Gasteiger partial charge in [0.15, 0.2) is 12.3 Å². The maximum atomic E-state index is 12.9. The van der Waals surface area contributed by atoms with Crippen LogP contribution >= 0.6 is 0 Å². The monoisotopic (exact) mass is 351 g/mol. The van der Waals surface area contributed by atoms with Crippen LogP contribution < -0.4 is 10.2 Å². The van der Waals surface area contributed by atoms with E-state index in [4.69, 9.17) is 4.42 Å². The van der Waals surface area contributed by atoms with Crippen LogP contribution in [-0.2, 0) is 4.79 Å². The zero-order valence-corrected chi connectivity index (χ0v) is 15.0. The average Bonchev–Trinajstić information content (AvgIpc) is 3.04. The van der Waals surface area contributed by atoms with Crippen molar-refractivity contribution in [1.29, 1.82) is 0 Å². The second kappa shape index (κ2) is 7.97. The van der Waals surface area contributed by atoms with E-state index in [1.807, 2.05) is 38.1 Å². The SMILES string of the molecule is CC[NH+](CC)CC(=O)Nc1c(C(=O)c2ccccc2)oc2ccccc12. The maximum Gasteiger partial charge on any atom is 0.279 e. The Labute approximate surface area is 152 Å². The molecule has 0 saturated heterocycles. The third-order valence-electron chi connectivity index (χ3n) is 4.51. The first kappa shape index (κ1) is 17.9. The number of anilines is 1. The number of hydrogen-bond donors (Lipinski definition) is 2. The third-order valence-corrected chi connectivity index (χ3v) is 4.51. The molecular formula is C21H23N2O3+. The molecule has 1 heterocycles. The average molecular weight is 351 g/mol. The number of hydrogen-bond acceptors (Lipinski definition) is 3. The van der Waals surface area contributed by atoms with E-state index in [0.717, 1.165) is 18.5 Å². The first-order valence-corrected chi connectivity index (χ1v) is 8.88. The van der Waals surface area contributed by atoms with Gasteiger partial charge in [-0.3, -0.25) is 9.59 Å². The summed E-state index contributed by atoms with van der Waals surface area (Å²) in [6, 6.07) is 16.3. The molecule has 0 saturated carbocycles. The van der Waals surface area contributed by atoms with Crippen molar-refractivity contribution in [3.05, 3.63) is 65.9 Å². The molecule has 0 aliphatic rings. The molecule has 5 nitrogen and oxygen atoms in total. The van der Waals surface area contributed by atoms with Gasteiger partial charge in [-0.05, 0) is 26.0 Å². The van der Waals surface area contributed by atoms with Gasteiger partial charge in [-0.25, -0.2) is 0 Å². The van der Waals surface area contributed by atoms with Crippen LogP contribution in [0, 0.1) is 0 Å². The second-order valence-electron chi connectivity index (χ2n) is 6.18. The lowest BCUT2D eigenvalue weighted by Gasteiger charge is -2.14. The minimum absolute atomic E-state index is 0.127. The van der Waals surface area contributed by atoms with Gasteiger partial charge < -0.3 is 14.6 Å². The number of para-hydroxylation sites is 1. The third kappa shape index (κ3) is 3.68. The summed E-state index contributed by atoms with van der Waals surface area (Å²) >= 11 is 0. The highest BCUT2D eigenvalue weighted by Gasteiger charge is 2.24. The Morgan fingerprint density at radius 3 is 2.31 bits per heavy atom. The molecule has 0 unspecified atom stereocenters. The number of carbonyl (C=O) groups is 2. The van der Waals surface area contributed by atoms with E-state index in [1.54, 1.807) is 30.3 Å². The number of fused-ring (bicyclic) bond motifs is 1. The Kier molecular flexibility index (Phi) is 5.49.